The number of fused-ring (bicyclic) bond motifs is 1. The van der Waals surface area contributed by atoms with Crippen molar-refractivity contribution in [2.45, 2.75) is 43.6 Å². The monoisotopic (exact) mass is 355 g/mol. The van der Waals surface area contributed by atoms with Crippen LogP contribution in [0.1, 0.15) is 49.3 Å². The Kier molecular flexibility index (Phi) is 4.43. The lowest BCUT2D eigenvalue weighted by molar-refractivity contribution is -0.127. The zero-order valence-corrected chi connectivity index (χ0v) is 14.9. The summed E-state index contributed by atoms with van der Waals surface area (Å²) in [6.45, 7) is 0.635. The second-order valence-corrected chi connectivity index (χ2v) is 7.43. The Bertz CT molecular complexity index is 766. The number of ether oxygens (including phenoxy) is 1. The maximum atomic E-state index is 13.3. The largest absolute Gasteiger partial charge is 0.493 e. The van der Waals surface area contributed by atoms with Crippen LogP contribution >= 0.6 is 11.6 Å². The first-order chi connectivity index (χ1) is 12.2. The number of para-hydroxylation sites is 1. The second kappa shape index (κ2) is 6.72. The summed E-state index contributed by atoms with van der Waals surface area (Å²) in [7, 11) is 0. The van der Waals surface area contributed by atoms with E-state index < -0.39 is 5.41 Å². The third-order valence-corrected chi connectivity index (χ3v) is 5.80. The van der Waals surface area contributed by atoms with E-state index in [1.165, 1.54) is 0 Å². The fraction of sp³-hybridized carbons (Fsp3) is 0.381. The lowest BCUT2D eigenvalue weighted by atomic mass is 9.77. The number of carbonyl (C=O) groups is 1. The van der Waals surface area contributed by atoms with Crippen molar-refractivity contribution in [3.8, 4) is 5.75 Å². The van der Waals surface area contributed by atoms with Crippen molar-refractivity contribution >= 4 is 17.5 Å². The molecule has 0 spiro atoms. The van der Waals surface area contributed by atoms with Crippen molar-refractivity contribution in [3.63, 3.8) is 0 Å². The van der Waals surface area contributed by atoms with Gasteiger partial charge in [0.15, 0.2) is 0 Å². The molecule has 1 aliphatic carbocycles. The number of nitrogens with one attached hydrogen (secondary N) is 1. The van der Waals surface area contributed by atoms with Crippen LogP contribution in [-0.2, 0) is 10.2 Å². The second-order valence-electron chi connectivity index (χ2n) is 7.00. The molecular formula is C21H22ClNO2. The first-order valence-electron chi connectivity index (χ1n) is 8.98. The van der Waals surface area contributed by atoms with Crippen LogP contribution in [0.15, 0.2) is 48.5 Å². The smallest absolute Gasteiger partial charge is 0.231 e. The van der Waals surface area contributed by atoms with Crippen molar-refractivity contribution in [2.75, 3.05) is 6.61 Å². The van der Waals surface area contributed by atoms with Gasteiger partial charge >= 0.3 is 0 Å². The number of amides is 1. The van der Waals surface area contributed by atoms with E-state index in [9.17, 15) is 4.79 Å². The maximum Gasteiger partial charge on any atom is 0.231 e. The third-order valence-electron chi connectivity index (χ3n) is 5.55. The molecule has 3 nitrogen and oxygen atoms in total. The van der Waals surface area contributed by atoms with E-state index in [0.717, 1.165) is 49.0 Å². The SMILES string of the molecule is O=C(N[C@H]1CCOc2ccccc21)C1(c2ccc(Cl)cc2)CCCC1. The molecule has 1 atom stereocenters. The summed E-state index contributed by atoms with van der Waals surface area (Å²) in [5.41, 5.74) is 1.72. The minimum absolute atomic E-state index is 0.0159. The fourth-order valence-corrected chi connectivity index (χ4v) is 4.31. The van der Waals surface area contributed by atoms with Gasteiger partial charge in [0.2, 0.25) is 5.91 Å². The molecule has 2 aliphatic rings. The van der Waals surface area contributed by atoms with Crippen LogP contribution in [0.5, 0.6) is 5.75 Å². The van der Waals surface area contributed by atoms with Gasteiger partial charge in [-0.15, -0.1) is 0 Å². The number of rotatable bonds is 3. The van der Waals surface area contributed by atoms with E-state index in [4.69, 9.17) is 16.3 Å². The highest BCUT2D eigenvalue weighted by atomic mass is 35.5. The van der Waals surface area contributed by atoms with Gasteiger partial charge in [-0.05, 0) is 36.6 Å². The van der Waals surface area contributed by atoms with E-state index in [0.29, 0.717) is 11.6 Å². The molecule has 1 fully saturated rings. The van der Waals surface area contributed by atoms with E-state index in [2.05, 4.69) is 5.32 Å². The Balaban J connectivity index is 1.62. The van der Waals surface area contributed by atoms with Gasteiger partial charge in [0.05, 0.1) is 18.1 Å². The van der Waals surface area contributed by atoms with Gasteiger partial charge in [-0.3, -0.25) is 4.79 Å². The Morgan fingerprint density at radius 2 is 1.80 bits per heavy atom. The zero-order chi connectivity index (χ0) is 17.3. The van der Waals surface area contributed by atoms with E-state index in [-0.39, 0.29) is 11.9 Å². The Labute approximate surface area is 153 Å². The molecule has 1 amide bonds. The van der Waals surface area contributed by atoms with Crippen molar-refractivity contribution in [1.29, 1.82) is 0 Å². The summed E-state index contributed by atoms with van der Waals surface area (Å²) in [5, 5.41) is 4.02. The van der Waals surface area contributed by atoms with Crippen LogP contribution in [0.2, 0.25) is 5.02 Å². The predicted molar refractivity (Wildman–Crippen MR) is 99.0 cm³/mol. The molecule has 0 bridgehead atoms. The quantitative estimate of drug-likeness (QED) is 0.859. The summed E-state index contributed by atoms with van der Waals surface area (Å²) in [6, 6.07) is 15.8. The van der Waals surface area contributed by atoms with Gasteiger partial charge in [-0.25, -0.2) is 0 Å². The highest BCUT2D eigenvalue weighted by molar-refractivity contribution is 6.30. The van der Waals surface area contributed by atoms with Crippen LogP contribution in [-0.4, -0.2) is 12.5 Å². The first kappa shape index (κ1) is 16.5. The number of benzene rings is 2. The average molecular weight is 356 g/mol. The van der Waals surface area contributed by atoms with E-state index >= 15 is 0 Å². The molecule has 0 unspecified atom stereocenters. The lowest BCUT2D eigenvalue weighted by Crippen LogP contribution is -2.45. The van der Waals surface area contributed by atoms with E-state index in [1.54, 1.807) is 0 Å². The highest BCUT2D eigenvalue weighted by Crippen LogP contribution is 2.43. The van der Waals surface area contributed by atoms with Gasteiger partial charge in [-0.1, -0.05) is 54.8 Å². The third kappa shape index (κ3) is 3.02. The van der Waals surface area contributed by atoms with Gasteiger partial charge in [0, 0.05) is 17.0 Å². The molecule has 130 valence electrons. The lowest BCUT2D eigenvalue weighted by Gasteiger charge is -2.33. The maximum absolute atomic E-state index is 13.3. The Morgan fingerprint density at radius 1 is 1.08 bits per heavy atom. The molecule has 4 heteroatoms. The average Bonchev–Trinajstić information content (AvgIpc) is 3.14. The zero-order valence-electron chi connectivity index (χ0n) is 14.1. The minimum atomic E-state index is -0.433. The van der Waals surface area contributed by atoms with Crippen LogP contribution < -0.4 is 10.1 Å². The molecule has 2 aromatic carbocycles. The number of hydrogen-bond acceptors (Lipinski definition) is 2. The minimum Gasteiger partial charge on any atom is -0.493 e. The molecule has 1 heterocycles. The molecule has 4 rings (SSSR count). The standard InChI is InChI=1S/C21H22ClNO2/c22-16-9-7-15(8-10-16)21(12-3-4-13-21)20(24)23-18-11-14-25-19-6-2-1-5-17(18)19/h1-2,5-10,18H,3-4,11-14H2,(H,23,24)/t18-/m0/s1. The molecule has 25 heavy (non-hydrogen) atoms. The number of halogens is 1. The van der Waals surface area contributed by atoms with Gasteiger partial charge in [0.25, 0.3) is 0 Å². The number of carbonyl (C=O) groups excluding carboxylic acids is 1. The molecule has 1 aliphatic heterocycles. The topological polar surface area (TPSA) is 38.3 Å². The van der Waals surface area contributed by atoms with Crippen molar-refractivity contribution in [2.24, 2.45) is 0 Å². The number of hydrogen-bond donors (Lipinski definition) is 1. The normalized spacial score (nSPS) is 21.2. The summed E-state index contributed by atoms with van der Waals surface area (Å²) < 4.78 is 5.72. The van der Waals surface area contributed by atoms with Crippen molar-refractivity contribution < 1.29 is 9.53 Å². The Hall–Kier alpha value is -2.00. The predicted octanol–water partition coefficient (Wildman–Crippen LogP) is 4.79. The van der Waals surface area contributed by atoms with Crippen molar-refractivity contribution in [1.82, 2.24) is 5.32 Å². The van der Waals surface area contributed by atoms with Crippen LogP contribution in [0.4, 0.5) is 0 Å². The fourth-order valence-electron chi connectivity index (χ4n) is 4.18. The van der Waals surface area contributed by atoms with Crippen LogP contribution in [0.25, 0.3) is 0 Å². The summed E-state index contributed by atoms with van der Waals surface area (Å²) in [4.78, 5) is 13.3. The van der Waals surface area contributed by atoms with Crippen LogP contribution in [0, 0.1) is 0 Å². The van der Waals surface area contributed by atoms with Gasteiger partial charge in [-0.2, -0.15) is 0 Å². The first-order valence-corrected chi connectivity index (χ1v) is 9.36. The van der Waals surface area contributed by atoms with Crippen molar-refractivity contribution in [3.05, 3.63) is 64.7 Å². The molecule has 2 aromatic rings. The molecule has 0 saturated heterocycles. The summed E-state index contributed by atoms with van der Waals surface area (Å²) in [5.74, 6) is 1.01. The molecular weight excluding hydrogens is 334 g/mol. The molecule has 1 saturated carbocycles. The molecule has 0 radical (unpaired) electrons. The summed E-state index contributed by atoms with van der Waals surface area (Å²) in [6.07, 6.45) is 4.76. The molecule has 1 N–H and O–H groups in total. The Morgan fingerprint density at radius 3 is 2.56 bits per heavy atom. The van der Waals surface area contributed by atoms with Gasteiger partial charge < -0.3 is 10.1 Å². The van der Waals surface area contributed by atoms with Crippen LogP contribution in [0.3, 0.4) is 0 Å². The van der Waals surface area contributed by atoms with Gasteiger partial charge in [0.1, 0.15) is 5.75 Å². The summed E-state index contributed by atoms with van der Waals surface area (Å²) >= 11 is 6.04. The molecule has 0 aromatic heterocycles. The highest BCUT2D eigenvalue weighted by Gasteiger charge is 2.43. The van der Waals surface area contributed by atoms with E-state index in [1.807, 2.05) is 48.5 Å².